The molecule has 22 heavy (non-hydrogen) atoms. The van der Waals surface area contributed by atoms with E-state index in [4.69, 9.17) is 4.74 Å². The zero-order chi connectivity index (χ0) is 15.6. The van der Waals surface area contributed by atoms with Crippen molar-refractivity contribution in [3.63, 3.8) is 0 Å². The molecular formula is C18H26N2O2. The van der Waals surface area contributed by atoms with Crippen molar-refractivity contribution in [2.24, 2.45) is 11.3 Å². The molecule has 1 saturated carbocycles. The molecule has 1 N–H and O–H groups in total. The van der Waals surface area contributed by atoms with Gasteiger partial charge in [0.2, 0.25) is 5.91 Å². The molecular weight excluding hydrogens is 276 g/mol. The maximum atomic E-state index is 12.4. The van der Waals surface area contributed by atoms with Crippen LogP contribution in [0.1, 0.15) is 26.2 Å². The minimum Gasteiger partial charge on any atom is -0.381 e. The smallest absolute Gasteiger partial charge is 0.223 e. The Labute approximate surface area is 132 Å². The number of nitrogens with zero attached hydrogens (tertiary/aromatic N) is 1. The first-order valence-electron chi connectivity index (χ1n) is 8.26. The van der Waals surface area contributed by atoms with Crippen molar-refractivity contribution in [2.75, 3.05) is 31.7 Å². The third kappa shape index (κ3) is 3.12. The quantitative estimate of drug-likeness (QED) is 0.908. The van der Waals surface area contributed by atoms with Gasteiger partial charge in [0.1, 0.15) is 0 Å². The van der Waals surface area contributed by atoms with Crippen LogP contribution in [0.3, 0.4) is 0 Å². The van der Waals surface area contributed by atoms with Crippen molar-refractivity contribution in [1.29, 1.82) is 0 Å². The highest BCUT2D eigenvalue weighted by molar-refractivity contribution is 5.82. The maximum absolute atomic E-state index is 12.4. The number of likely N-dealkylation sites (N-methyl/N-ethyl adjacent to an activating group) is 1. The van der Waals surface area contributed by atoms with Crippen LogP contribution >= 0.6 is 0 Å². The van der Waals surface area contributed by atoms with E-state index >= 15 is 0 Å². The van der Waals surface area contributed by atoms with Gasteiger partial charge >= 0.3 is 0 Å². The van der Waals surface area contributed by atoms with Gasteiger partial charge in [0.25, 0.3) is 0 Å². The topological polar surface area (TPSA) is 41.6 Å². The summed E-state index contributed by atoms with van der Waals surface area (Å²) in [7, 11) is 2.07. The summed E-state index contributed by atoms with van der Waals surface area (Å²) >= 11 is 0. The van der Waals surface area contributed by atoms with Gasteiger partial charge in [0.15, 0.2) is 0 Å². The number of para-hydroxylation sites is 1. The number of rotatable bonds is 5. The van der Waals surface area contributed by atoms with E-state index in [9.17, 15) is 4.79 Å². The van der Waals surface area contributed by atoms with Gasteiger partial charge in [0.05, 0.1) is 0 Å². The first kappa shape index (κ1) is 15.3. The fourth-order valence-electron chi connectivity index (χ4n) is 3.47. The monoisotopic (exact) mass is 302 g/mol. The zero-order valence-corrected chi connectivity index (χ0v) is 13.5. The lowest BCUT2D eigenvalue weighted by atomic mass is 9.93. The van der Waals surface area contributed by atoms with Gasteiger partial charge in [0, 0.05) is 44.5 Å². The Bertz CT molecular complexity index is 511. The zero-order valence-electron chi connectivity index (χ0n) is 13.5. The lowest BCUT2D eigenvalue weighted by Gasteiger charge is -2.27. The van der Waals surface area contributed by atoms with Crippen molar-refractivity contribution >= 4 is 11.6 Å². The predicted molar refractivity (Wildman–Crippen MR) is 87.9 cm³/mol. The summed E-state index contributed by atoms with van der Waals surface area (Å²) in [5, 5.41) is 3.15. The summed E-state index contributed by atoms with van der Waals surface area (Å²) in [5.74, 6) is 0.445. The Hall–Kier alpha value is -1.55. The van der Waals surface area contributed by atoms with Crippen LogP contribution < -0.4 is 10.2 Å². The second-order valence-electron chi connectivity index (χ2n) is 6.77. The molecule has 0 radical (unpaired) electrons. The minimum atomic E-state index is 0.214. The molecule has 1 aliphatic carbocycles. The SMILES string of the molecule is C[C@H](CNC(=O)[C@H]1CC12CCOCC2)N(C)c1ccccc1. The van der Waals surface area contributed by atoms with Gasteiger partial charge in [-0.15, -0.1) is 0 Å². The molecule has 0 aromatic heterocycles. The van der Waals surface area contributed by atoms with Crippen molar-refractivity contribution in [3.8, 4) is 0 Å². The highest BCUT2D eigenvalue weighted by Gasteiger charge is 2.57. The van der Waals surface area contributed by atoms with Crippen LogP contribution in [-0.4, -0.2) is 38.8 Å². The number of hydrogen-bond donors (Lipinski definition) is 1. The summed E-state index contributed by atoms with van der Waals surface area (Å²) in [6.45, 7) is 4.46. The number of benzene rings is 1. The summed E-state index contributed by atoms with van der Waals surface area (Å²) in [6.07, 6.45) is 3.14. The molecule has 0 bridgehead atoms. The van der Waals surface area contributed by atoms with Gasteiger partial charge in [-0.05, 0) is 43.7 Å². The van der Waals surface area contributed by atoms with E-state index in [1.165, 1.54) is 5.69 Å². The fraction of sp³-hybridized carbons (Fsp3) is 0.611. The Kier molecular flexibility index (Phi) is 4.39. The molecule has 1 aliphatic heterocycles. The lowest BCUT2D eigenvalue weighted by molar-refractivity contribution is -0.123. The van der Waals surface area contributed by atoms with Gasteiger partial charge in [-0.1, -0.05) is 18.2 Å². The molecule has 1 saturated heterocycles. The minimum absolute atomic E-state index is 0.214. The molecule has 3 rings (SSSR count). The average molecular weight is 302 g/mol. The van der Waals surface area contributed by atoms with Crippen molar-refractivity contribution in [3.05, 3.63) is 30.3 Å². The number of hydrogen-bond acceptors (Lipinski definition) is 3. The van der Waals surface area contributed by atoms with Crippen molar-refractivity contribution < 1.29 is 9.53 Å². The molecule has 0 unspecified atom stereocenters. The van der Waals surface area contributed by atoms with E-state index < -0.39 is 0 Å². The van der Waals surface area contributed by atoms with Crippen LogP contribution in [0.5, 0.6) is 0 Å². The lowest BCUT2D eigenvalue weighted by Crippen LogP contribution is -2.41. The summed E-state index contributed by atoms with van der Waals surface area (Å²) in [6, 6.07) is 10.6. The largest absolute Gasteiger partial charge is 0.381 e. The highest BCUT2D eigenvalue weighted by atomic mass is 16.5. The van der Waals surface area contributed by atoms with Crippen LogP contribution in [0.4, 0.5) is 5.69 Å². The van der Waals surface area contributed by atoms with Crippen LogP contribution in [0.2, 0.25) is 0 Å². The van der Waals surface area contributed by atoms with Gasteiger partial charge in [-0.3, -0.25) is 4.79 Å². The molecule has 1 amide bonds. The Morgan fingerprint density at radius 3 is 2.73 bits per heavy atom. The molecule has 4 nitrogen and oxygen atoms in total. The summed E-state index contributed by atoms with van der Waals surface area (Å²) in [5.41, 5.74) is 1.44. The molecule has 2 aliphatic rings. The number of ether oxygens (including phenoxy) is 1. The number of nitrogens with one attached hydrogen (secondary N) is 1. The number of anilines is 1. The summed E-state index contributed by atoms with van der Waals surface area (Å²) in [4.78, 5) is 14.6. The molecule has 2 atom stereocenters. The summed E-state index contributed by atoms with van der Waals surface area (Å²) < 4.78 is 5.41. The molecule has 120 valence electrons. The second kappa shape index (κ2) is 6.29. The van der Waals surface area contributed by atoms with Crippen LogP contribution in [0, 0.1) is 11.3 Å². The van der Waals surface area contributed by atoms with Crippen LogP contribution in [0.25, 0.3) is 0 Å². The average Bonchev–Trinajstić information content (AvgIpc) is 3.26. The van der Waals surface area contributed by atoms with E-state index in [1.54, 1.807) is 0 Å². The molecule has 4 heteroatoms. The number of carbonyl (C=O) groups excluding carboxylic acids is 1. The third-order valence-corrected chi connectivity index (χ3v) is 5.39. The van der Waals surface area contributed by atoms with Crippen LogP contribution in [-0.2, 0) is 9.53 Å². The van der Waals surface area contributed by atoms with Gasteiger partial charge in [-0.2, -0.15) is 0 Å². The molecule has 1 aromatic rings. The van der Waals surface area contributed by atoms with E-state index in [2.05, 4.69) is 36.3 Å². The molecule has 1 spiro atoms. The first-order valence-corrected chi connectivity index (χ1v) is 8.26. The first-order chi connectivity index (χ1) is 10.6. The standard InChI is InChI=1S/C18H26N2O2/c1-14(20(2)15-6-4-3-5-7-15)13-19-17(21)16-12-18(16)8-10-22-11-9-18/h3-7,14,16H,8-13H2,1-2H3,(H,19,21)/t14-,16-/m1/s1. The van der Waals surface area contributed by atoms with Crippen LogP contribution in [0.15, 0.2) is 30.3 Å². The second-order valence-corrected chi connectivity index (χ2v) is 6.77. The Morgan fingerprint density at radius 1 is 1.36 bits per heavy atom. The molecule has 1 aromatic carbocycles. The normalized spacial score (nSPS) is 23.8. The van der Waals surface area contributed by atoms with Gasteiger partial charge in [-0.25, -0.2) is 0 Å². The van der Waals surface area contributed by atoms with E-state index in [0.717, 1.165) is 32.5 Å². The Morgan fingerprint density at radius 2 is 2.05 bits per heavy atom. The Balaban J connectivity index is 1.47. The maximum Gasteiger partial charge on any atom is 0.223 e. The third-order valence-electron chi connectivity index (χ3n) is 5.39. The molecule has 2 fully saturated rings. The number of carbonyl (C=O) groups is 1. The van der Waals surface area contributed by atoms with Crippen molar-refractivity contribution in [2.45, 2.75) is 32.2 Å². The fourth-order valence-corrected chi connectivity index (χ4v) is 3.47. The number of amides is 1. The molecule has 1 heterocycles. The van der Waals surface area contributed by atoms with E-state index in [1.807, 2.05) is 18.2 Å². The highest BCUT2D eigenvalue weighted by Crippen LogP contribution is 2.59. The van der Waals surface area contributed by atoms with E-state index in [0.29, 0.717) is 6.54 Å². The van der Waals surface area contributed by atoms with Crippen molar-refractivity contribution in [1.82, 2.24) is 5.32 Å². The predicted octanol–water partition coefficient (Wildman–Crippen LogP) is 2.44. The van der Waals surface area contributed by atoms with Gasteiger partial charge < -0.3 is 15.0 Å². The van der Waals surface area contributed by atoms with E-state index in [-0.39, 0.29) is 23.3 Å².